The fourth-order valence-corrected chi connectivity index (χ4v) is 2.70. The number of nitrogen functional groups attached to an aromatic ring is 1. The van der Waals surface area contributed by atoms with Crippen LogP contribution in [-0.4, -0.2) is 30.2 Å². The number of aromatic nitrogens is 6. The van der Waals surface area contributed by atoms with Gasteiger partial charge in [-0.05, 0) is 11.6 Å². The predicted molar refractivity (Wildman–Crippen MR) is 92.9 cm³/mol. The van der Waals surface area contributed by atoms with Gasteiger partial charge >= 0.3 is 0 Å². The molecular weight excluding hydrogens is 318 g/mol. The molecule has 0 amide bonds. The van der Waals surface area contributed by atoms with Crippen molar-refractivity contribution >= 4 is 17.0 Å². The second kappa shape index (κ2) is 6.23. The maximum absolute atomic E-state index is 5.84. The highest BCUT2D eigenvalue weighted by molar-refractivity contribution is 5.78. The molecule has 0 saturated carbocycles. The molecular formula is C17H17N7O. The van der Waals surface area contributed by atoms with E-state index in [1.165, 1.54) is 5.56 Å². The zero-order valence-electron chi connectivity index (χ0n) is 13.7. The molecule has 4 aromatic rings. The number of pyridine rings is 1. The molecule has 0 saturated heterocycles. The summed E-state index contributed by atoms with van der Waals surface area (Å²) in [6.07, 6.45) is 0.820. The third-order valence-corrected chi connectivity index (χ3v) is 3.91. The van der Waals surface area contributed by atoms with Gasteiger partial charge in [0, 0.05) is 25.2 Å². The van der Waals surface area contributed by atoms with Crippen molar-refractivity contribution in [3.05, 3.63) is 59.4 Å². The summed E-state index contributed by atoms with van der Waals surface area (Å²) in [5.41, 5.74) is 9.95. The number of nitrogens with one attached hydrogen (secondary N) is 1. The number of nitrogens with zero attached hydrogens (tertiary/aromatic N) is 5. The first kappa shape index (κ1) is 15.1. The molecule has 1 aromatic carbocycles. The van der Waals surface area contributed by atoms with Crippen LogP contribution in [0.25, 0.3) is 11.2 Å². The molecule has 0 aliphatic carbocycles. The fourth-order valence-electron chi connectivity index (χ4n) is 2.70. The number of nitrogens with two attached hydrogens (primary N) is 1. The highest BCUT2D eigenvalue weighted by Crippen LogP contribution is 2.24. The Morgan fingerprint density at radius 3 is 2.84 bits per heavy atom. The van der Waals surface area contributed by atoms with Gasteiger partial charge in [0.15, 0.2) is 11.3 Å². The highest BCUT2D eigenvalue weighted by atomic mass is 16.5. The number of benzene rings is 1. The van der Waals surface area contributed by atoms with Crippen LogP contribution in [0.3, 0.4) is 0 Å². The molecule has 0 spiro atoms. The normalized spacial score (nSPS) is 11.1. The number of aryl methyl sites for hydroxylation is 1. The van der Waals surface area contributed by atoms with Crippen molar-refractivity contribution in [1.29, 1.82) is 0 Å². The van der Waals surface area contributed by atoms with Gasteiger partial charge in [-0.15, -0.1) is 5.10 Å². The van der Waals surface area contributed by atoms with E-state index in [1.54, 1.807) is 6.07 Å². The number of anilines is 1. The molecule has 0 atom stereocenters. The smallest absolute Gasteiger partial charge is 0.207 e. The summed E-state index contributed by atoms with van der Waals surface area (Å²) >= 11 is 0. The zero-order chi connectivity index (χ0) is 17.2. The lowest BCUT2D eigenvalue weighted by Gasteiger charge is -2.04. The lowest BCUT2D eigenvalue weighted by Crippen LogP contribution is -2.01. The van der Waals surface area contributed by atoms with Crippen LogP contribution < -0.4 is 10.5 Å². The molecule has 0 radical (unpaired) electrons. The quantitative estimate of drug-likeness (QED) is 0.576. The third kappa shape index (κ3) is 3.14. The van der Waals surface area contributed by atoms with Crippen LogP contribution in [0, 0.1) is 0 Å². The van der Waals surface area contributed by atoms with E-state index in [-0.39, 0.29) is 0 Å². The summed E-state index contributed by atoms with van der Waals surface area (Å²) < 4.78 is 7.72. The number of hydrogen-bond acceptors (Lipinski definition) is 6. The molecule has 25 heavy (non-hydrogen) atoms. The van der Waals surface area contributed by atoms with Crippen molar-refractivity contribution in [2.75, 3.05) is 5.73 Å². The summed E-state index contributed by atoms with van der Waals surface area (Å²) in [4.78, 5) is 4.09. The van der Waals surface area contributed by atoms with Gasteiger partial charge in [-0.3, -0.25) is 4.68 Å². The molecule has 0 bridgehead atoms. The van der Waals surface area contributed by atoms with Crippen LogP contribution in [0.4, 0.5) is 5.82 Å². The van der Waals surface area contributed by atoms with Crippen LogP contribution in [0.15, 0.2) is 42.5 Å². The third-order valence-electron chi connectivity index (χ3n) is 3.91. The first-order valence-corrected chi connectivity index (χ1v) is 7.84. The summed E-state index contributed by atoms with van der Waals surface area (Å²) in [5.74, 6) is 0.869. The molecule has 3 heterocycles. The van der Waals surface area contributed by atoms with Crippen LogP contribution in [0.2, 0.25) is 0 Å². The van der Waals surface area contributed by atoms with E-state index in [0.717, 1.165) is 17.8 Å². The van der Waals surface area contributed by atoms with Gasteiger partial charge in [0.25, 0.3) is 0 Å². The van der Waals surface area contributed by atoms with Crippen LogP contribution in [-0.2, 0) is 20.1 Å². The Bertz CT molecular complexity index is 1010. The van der Waals surface area contributed by atoms with Gasteiger partial charge in [-0.25, -0.2) is 4.98 Å². The molecule has 3 aromatic heterocycles. The number of hydrogen-bond donors (Lipinski definition) is 2. The van der Waals surface area contributed by atoms with Crippen molar-refractivity contribution < 1.29 is 4.74 Å². The minimum absolute atomic E-state index is 0.314. The first-order chi connectivity index (χ1) is 12.2. The SMILES string of the molecule is Cn1nc(COc2cc(N)nc3n[nH]nc23)cc1Cc1ccccc1. The molecule has 0 unspecified atom stereocenters. The Labute approximate surface area is 143 Å². The molecule has 8 heteroatoms. The standard InChI is InChI=1S/C17H17N7O/c1-24-13(7-11-5-3-2-4-6-11)8-12(22-24)10-25-14-9-15(18)19-17-16(14)20-23-21-17/h2-6,8-9H,7,10H2,1H3,(H3,18,19,20,21,23). The molecule has 0 aliphatic heterocycles. The van der Waals surface area contributed by atoms with Crippen LogP contribution in [0.1, 0.15) is 17.0 Å². The maximum atomic E-state index is 5.84. The molecule has 3 N–H and O–H groups in total. The summed E-state index contributed by atoms with van der Waals surface area (Å²) in [5, 5.41) is 15.0. The second-order valence-electron chi connectivity index (χ2n) is 5.74. The second-order valence-corrected chi connectivity index (χ2v) is 5.74. The Morgan fingerprint density at radius 1 is 1.16 bits per heavy atom. The van der Waals surface area contributed by atoms with Gasteiger partial charge in [0.1, 0.15) is 18.1 Å². The average molecular weight is 335 g/mol. The van der Waals surface area contributed by atoms with Crippen LogP contribution >= 0.6 is 0 Å². The molecule has 0 fully saturated rings. The van der Waals surface area contributed by atoms with Gasteiger partial charge in [0.2, 0.25) is 5.65 Å². The maximum Gasteiger partial charge on any atom is 0.207 e. The Morgan fingerprint density at radius 2 is 2.00 bits per heavy atom. The van der Waals surface area contributed by atoms with E-state index in [2.05, 4.69) is 37.6 Å². The average Bonchev–Trinajstić information content (AvgIpc) is 3.20. The molecule has 4 rings (SSSR count). The van der Waals surface area contributed by atoms with E-state index in [9.17, 15) is 0 Å². The zero-order valence-corrected chi connectivity index (χ0v) is 13.7. The van der Waals surface area contributed by atoms with Crippen molar-refractivity contribution in [2.45, 2.75) is 13.0 Å². The van der Waals surface area contributed by atoms with E-state index in [4.69, 9.17) is 10.5 Å². The number of H-pyrrole nitrogens is 1. The summed E-state index contributed by atoms with van der Waals surface area (Å²) in [6, 6.07) is 14.0. The Kier molecular flexibility index (Phi) is 3.77. The fraction of sp³-hybridized carbons (Fsp3) is 0.176. The lowest BCUT2D eigenvalue weighted by molar-refractivity contribution is 0.303. The van der Waals surface area contributed by atoms with Gasteiger partial charge in [-0.1, -0.05) is 30.3 Å². The minimum Gasteiger partial charge on any atom is -0.485 e. The van der Waals surface area contributed by atoms with Gasteiger partial charge in [0.05, 0.1) is 0 Å². The topological polar surface area (TPSA) is 108 Å². The first-order valence-electron chi connectivity index (χ1n) is 7.84. The highest BCUT2D eigenvalue weighted by Gasteiger charge is 2.12. The number of rotatable bonds is 5. The Hall–Kier alpha value is -3.42. The number of fused-ring (bicyclic) bond motifs is 1. The van der Waals surface area contributed by atoms with Crippen molar-refractivity contribution in [1.82, 2.24) is 30.2 Å². The van der Waals surface area contributed by atoms with Crippen molar-refractivity contribution in [2.24, 2.45) is 7.05 Å². The molecule has 126 valence electrons. The van der Waals surface area contributed by atoms with E-state index >= 15 is 0 Å². The largest absolute Gasteiger partial charge is 0.485 e. The summed E-state index contributed by atoms with van der Waals surface area (Å²) in [6.45, 7) is 0.314. The lowest BCUT2D eigenvalue weighted by atomic mass is 10.1. The van der Waals surface area contributed by atoms with Crippen LogP contribution in [0.5, 0.6) is 5.75 Å². The van der Waals surface area contributed by atoms with Gasteiger partial charge < -0.3 is 10.5 Å². The molecule has 0 aliphatic rings. The van der Waals surface area contributed by atoms with E-state index in [1.807, 2.05) is 36.0 Å². The van der Waals surface area contributed by atoms with Gasteiger partial charge in [-0.2, -0.15) is 15.4 Å². The monoisotopic (exact) mass is 335 g/mol. The molecule has 8 nitrogen and oxygen atoms in total. The van der Waals surface area contributed by atoms with E-state index in [0.29, 0.717) is 29.3 Å². The minimum atomic E-state index is 0.314. The predicted octanol–water partition coefficient (Wildman–Crippen LogP) is 1.84. The summed E-state index contributed by atoms with van der Waals surface area (Å²) in [7, 11) is 1.93. The number of aromatic amines is 1. The number of ether oxygens (including phenoxy) is 1. The van der Waals surface area contributed by atoms with Crippen molar-refractivity contribution in [3.8, 4) is 5.75 Å². The van der Waals surface area contributed by atoms with Crippen molar-refractivity contribution in [3.63, 3.8) is 0 Å². The Balaban J connectivity index is 1.51. The van der Waals surface area contributed by atoms with E-state index < -0.39 is 0 Å².